The lowest BCUT2D eigenvalue weighted by molar-refractivity contribution is -0.133. The maximum absolute atomic E-state index is 13.2. The van der Waals surface area contributed by atoms with E-state index in [0.29, 0.717) is 0 Å². The number of piperidine rings is 1. The summed E-state index contributed by atoms with van der Waals surface area (Å²) in [6.45, 7) is 2.52. The van der Waals surface area contributed by atoms with Crippen molar-refractivity contribution in [3.05, 3.63) is 59.7 Å². The Morgan fingerprint density at radius 2 is 1.81 bits per heavy atom. The first-order valence-electron chi connectivity index (χ1n) is 9.67. The van der Waals surface area contributed by atoms with Crippen LogP contribution in [0.3, 0.4) is 0 Å². The van der Waals surface area contributed by atoms with E-state index in [1.807, 2.05) is 47.4 Å². The topological polar surface area (TPSA) is 41.6 Å². The van der Waals surface area contributed by atoms with E-state index >= 15 is 0 Å². The zero-order chi connectivity index (χ0) is 17.8. The minimum atomic E-state index is -0.350. The summed E-state index contributed by atoms with van der Waals surface area (Å²) in [6, 6.07) is 15.9. The fourth-order valence-corrected chi connectivity index (χ4v) is 3.85. The monoisotopic (exact) mass is 350 g/mol. The van der Waals surface area contributed by atoms with Crippen molar-refractivity contribution in [3.63, 3.8) is 0 Å². The first-order chi connectivity index (χ1) is 12.8. The number of amides is 1. The Morgan fingerprint density at radius 1 is 1.00 bits per heavy atom. The second-order valence-electron chi connectivity index (χ2n) is 7.15. The van der Waals surface area contributed by atoms with E-state index in [1.54, 1.807) is 0 Å². The Labute approximate surface area is 155 Å². The van der Waals surface area contributed by atoms with Crippen LogP contribution in [0.5, 0.6) is 5.75 Å². The number of fused-ring (bicyclic) bond motifs is 1. The molecule has 0 saturated carbocycles. The fraction of sp³-hybridized carbons (Fsp3) is 0.409. The number of anilines is 1. The molecule has 0 spiro atoms. The molecular formula is C22H26N2O2. The number of nitrogens with one attached hydrogen (secondary N) is 1. The molecule has 0 aliphatic carbocycles. The summed E-state index contributed by atoms with van der Waals surface area (Å²) in [6.07, 6.45) is 5.50. The molecule has 0 radical (unpaired) electrons. The number of aryl methyl sites for hydroxylation is 1. The quantitative estimate of drug-likeness (QED) is 0.899. The van der Waals surface area contributed by atoms with Gasteiger partial charge in [0.05, 0.1) is 6.61 Å². The van der Waals surface area contributed by atoms with Gasteiger partial charge in [-0.3, -0.25) is 4.79 Å². The van der Waals surface area contributed by atoms with Crippen LogP contribution in [-0.4, -0.2) is 30.5 Å². The van der Waals surface area contributed by atoms with Crippen molar-refractivity contribution in [2.24, 2.45) is 0 Å². The normalized spacial score (nSPS) is 17.8. The molecule has 4 heteroatoms. The number of nitrogens with zero attached hydrogens (tertiary/aromatic N) is 1. The number of carbonyl (C=O) groups is 1. The highest BCUT2D eigenvalue weighted by atomic mass is 16.5. The van der Waals surface area contributed by atoms with Gasteiger partial charge in [0, 0.05) is 18.8 Å². The van der Waals surface area contributed by atoms with E-state index in [9.17, 15) is 4.79 Å². The van der Waals surface area contributed by atoms with Crippen molar-refractivity contribution in [1.29, 1.82) is 0 Å². The number of likely N-dealkylation sites (tertiary alicyclic amines) is 1. The van der Waals surface area contributed by atoms with E-state index in [4.69, 9.17) is 4.74 Å². The third-order valence-corrected chi connectivity index (χ3v) is 5.27. The zero-order valence-corrected chi connectivity index (χ0v) is 15.1. The molecule has 2 aliphatic heterocycles. The number of benzene rings is 2. The number of carbonyl (C=O) groups excluding carboxylic acids is 1. The lowest BCUT2D eigenvalue weighted by Gasteiger charge is -2.31. The second kappa shape index (κ2) is 7.81. The van der Waals surface area contributed by atoms with Crippen molar-refractivity contribution < 1.29 is 9.53 Å². The number of rotatable bonds is 4. The molecule has 1 fully saturated rings. The van der Waals surface area contributed by atoms with Gasteiger partial charge in [0.15, 0.2) is 0 Å². The van der Waals surface area contributed by atoms with E-state index in [-0.39, 0.29) is 11.9 Å². The van der Waals surface area contributed by atoms with Gasteiger partial charge in [0.1, 0.15) is 11.8 Å². The smallest absolute Gasteiger partial charge is 0.249 e. The Bertz CT molecular complexity index is 754. The molecule has 26 heavy (non-hydrogen) atoms. The highest BCUT2D eigenvalue weighted by Crippen LogP contribution is 2.30. The largest absolute Gasteiger partial charge is 0.493 e. The van der Waals surface area contributed by atoms with Gasteiger partial charge < -0.3 is 15.0 Å². The molecule has 0 bridgehead atoms. The van der Waals surface area contributed by atoms with Crippen molar-refractivity contribution in [1.82, 2.24) is 4.90 Å². The Hall–Kier alpha value is -2.49. The van der Waals surface area contributed by atoms with Crippen molar-refractivity contribution in [2.45, 2.75) is 38.1 Å². The van der Waals surface area contributed by atoms with Crippen LogP contribution >= 0.6 is 0 Å². The molecule has 2 aliphatic rings. The van der Waals surface area contributed by atoms with Crippen LogP contribution in [0.1, 0.15) is 42.9 Å². The van der Waals surface area contributed by atoms with Crippen molar-refractivity contribution >= 4 is 11.6 Å². The van der Waals surface area contributed by atoms with Crippen molar-refractivity contribution in [2.75, 3.05) is 25.0 Å². The Morgan fingerprint density at radius 3 is 2.62 bits per heavy atom. The third-order valence-electron chi connectivity index (χ3n) is 5.27. The molecule has 4 rings (SSSR count). The zero-order valence-electron chi connectivity index (χ0n) is 15.1. The number of ether oxygens (including phenoxy) is 1. The fourth-order valence-electron chi connectivity index (χ4n) is 3.85. The molecule has 2 heterocycles. The summed E-state index contributed by atoms with van der Waals surface area (Å²) >= 11 is 0. The van der Waals surface area contributed by atoms with Gasteiger partial charge in [0.25, 0.3) is 0 Å². The van der Waals surface area contributed by atoms with Crippen LogP contribution in [0, 0.1) is 0 Å². The number of hydrogen-bond acceptors (Lipinski definition) is 3. The Balaban J connectivity index is 1.59. The molecule has 0 aromatic heterocycles. The molecule has 1 saturated heterocycles. The molecule has 2 aromatic rings. The second-order valence-corrected chi connectivity index (χ2v) is 7.15. The average Bonchev–Trinajstić information content (AvgIpc) is 2.73. The van der Waals surface area contributed by atoms with Gasteiger partial charge in [0.2, 0.25) is 5.91 Å². The molecule has 1 N–H and O–H groups in total. The first-order valence-corrected chi connectivity index (χ1v) is 9.67. The van der Waals surface area contributed by atoms with Gasteiger partial charge in [-0.1, -0.05) is 30.3 Å². The minimum absolute atomic E-state index is 0.171. The molecule has 136 valence electrons. The third kappa shape index (κ3) is 3.69. The van der Waals surface area contributed by atoms with Gasteiger partial charge in [-0.05, 0) is 61.4 Å². The SMILES string of the molecule is O=C(C(Nc1ccc2c(c1)CCCO2)c1ccccc1)N1CCCCC1. The molecule has 1 amide bonds. The summed E-state index contributed by atoms with van der Waals surface area (Å²) in [5.74, 6) is 1.14. The molecule has 1 unspecified atom stereocenters. The van der Waals surface area contributed by atoms with Crippen LogP contribution in [0.15, 0.2) is 48.5 Å². The molecule has 4 nitrogen and oxygen atoms in total. The Kier molecular flexibility index (Phi) is 5.09. The number of hydrogen-bond donors (Lipinski definition) is 1. The van der Waals surface area contributed by atoms with E-state index in [2.05, 4.69) is 11.4 Å². The lowest BCUT2D eigenvalue weighted by atomic mass is 10.0. The lowest BCUT2D eigenvalue weighted by Crippen LogP contribution is -2.41. The standard InChI is InChI=1S/C22H26N2O2/c25-22(24-13-5-2-6-14-24)21(17-8-3-1-4-9-17)23-19-11-12-20-18(16-19)10-7-15-26-20/h1,3-4,8-9,11-12,16,21,23H,2,5-7,10,13-15H2. The summed E-state index contributed by atoms with van der Waals surface area (Å²) in [5, 5.41) is 3.50. The summed E-state index contributed by atoms with van der Waals surface area (Å²) < 4.78 is 5.71. The van der Waals surface area contributed by atoms with Crippen molar-refractivity contribution in [3.8, 4) is 5.75 Å². The van der Waals surface area contributed by atoms with Gasteiger partial charge in [-0.15, -0.1) is 0 Å². The summed E-state index contributed by atoms with van der Waals surface area (Å²) in [5.41, 5.74) is 3.21. The minimum Gasteiger partial charge on any atom is -0.493 e. The van der Waals surface area contributed by atoms with Crippen LogP contribution in [0.25, 0.3) is 0 Å². The average molecular weight is 350 g/mol. The maximum Gasteiger partial charge on any atom is 0.249 e. The van der Waals surface area contributed by atoms with Crippen LogP contribution in [0.2, 0.25) is 0 Å². The van der Waals surface area contributed by atoms with Crippen LogP contribution in [-0.2, 0) is 11.2 Å². The molecular weight excluding hydrogens is 324 g/mol. The van der Waals surface area contributed by atoms with E-state index < -0.39 is 0 Å². The van der Waals surface area contributed by atoms with Gasteiger partial charge >= 0.3 is 0 Å². The predicted molar refractivity (Wildman–Crippen MR) is 103 cm³/mol. The summed E-state index contributed by atoms with van der Waals surface area (Å²) in [4.78, 5) is 15.2. The van der Waals surface area contributed by atoms with E-state index in [0.717, 1.165) is 62.4 Å². The highest BCUT2D eigenvalue weighted by molar-refractivity contribution is 5.86. The maximum atomic E-state index is 13.2. The van der Waals surface area contributed by atoms with Gasteiger partial charge in [-0.2, -0.15) is 0 Å². The van der Waals surface area contributed by atoms with Gasteiger partial charge in [-0.25, -0.2) is 0 Å². The predicted octanol–water partition coefficient (Wildman–Crippen LogP) is 4.18. The van der Waals surface area contributed by atoms with E-state index in [1.165, 1.54) is 12.0 Å². The molecule has 2 aromatic carbocycles. The summed E-state index contributed by atoms with van der Waals surface area (Å²) in [7, 11) is 0. The van der Waals surface area contributed by atoms with Crippen LogP contribution < -0.4 is 10.1 Å². The molecule has 1 atom stereocenters. The van der Waals surface area contributed by atoms with Crippen LogP contribution in [0.4, 0.5) is 5.69 Å². The first kappa shape index (κ1) is 17.0. The highest BCUT2D eigenvalue weighted by Gasteiger charge is 2.27.